The number of rotatable bonds is 7. The summed E-state index contributed by atoms with van der Waals surface area (Å²) in [6.45, 7) is 2.88. The lowest BCUT2D eigenvalue weighted by molar-refractivity contribution is -0.123. The van der Waals surface area contributed by atoms with Gasteiger partial charge in [-0.25, -0.2) is 4.39 Å². The van der Waals surface area contributed by atoms with Crippen molar-refractivity contribution in [3.8, 4) is 5.75 Å². The first kappa shape index (κ1) is 21.1. The van der Waals surface area contributed by atoms with Crippen LogP contribution in [0.4, 0.5) is 4.39 Å². The molecule has 1 atom stereocenters. The molecule has 160 valence electrons. The highest BCUT2D eigenvalue weighted by Gasteiger charge is 2.58. The third-order valence-corrected chi connectivity index (χ3v) is 7.04. The van der Waals surface area contributed by atoms with Gasteiger partial charge in [0, 0.05) is 29.6 Å². The third-order valence-electron chi connectivity index (χ3n) is 6.69. The summed E-state index contributed by atoms with van der Waals surface area (Å²) in [6.07, 6.45) is 3.67. The summed E-state index contributed by atoms with van der Waals surface area (Å²) in [5, 5.41) is 3.59. The molecule has 6 heteroatoms. The SMILES string of the molecule is COc1ccccc1CCNC(=O)C1CC12CCN(Cc1c(F)cccc1Cl)CC2. The molecule has 1 saturated heterocycles. The fourth-order valence-electron chi connectivity index (χ4n) is 4.69. The van der Waals surface area contributed by atoms with E-state index in [2.05, 4.69) is 10.2 Å². The number of hydrogen-bond donors (Lipinski definition) is 1. The van der Waals surface area contributed by atoms with Crippen molar-refractivity contribution in [1.29, 1.82) is 0 Å². The zero-order chi connectivity index (χ0) is 21.1. The maximum absolute atomic E-state index is 14.1. The van der Waals surface area contributed by atoms with Gasteiger partial charge in [-0.3, -0.25) is 9.69 Å². The lowest BCUT2D eigenvalue weighted by atomic mass is 9.90. The Kier molecular flexibility index (Phi) is 6.30. The summed E-state index contributed by atoms with van der Waals surface area (Å²) >= 11 is 6.17. The van der Waals surface area contributed by atoms with Crippen molar-refractivity contribution in [3.05, 3.63) is 64.4 Å². The highest BCUT2D eigenvalue weighted by Crippen LogP contribution is 2.59. The minimum Gasteiger partial charge on any atom is -0.496 e. The van der Waals surface area contributed by atoms with Gasteiger partial charge in [0.25, 0.3) is 0 Å². The number of benzene rings is 2. The van der Waals surface area contributed by atoms with Gasteiger partial charge in [0.15, 0.2) is 0 Å². The fraction of sp³-hybridized carbons (Fsp3) is 0.458. The second-order valence-corrected chi connectivity index (χ2v) is 8.86. The fourth-order valence-corrected chi connectivity index (χ4v) is 4.91. The van der Waals surface area contributed by atoms with Crippen molar-refractivity contribution in [2.45, 2.75) is 32.2 Å². The molecule has 0 aromatic heterocycles. The van der Waals surface area contributed by atoms with Crippen LogP contribution in [0.25, 0.3) is 0 Å². The van der Waals surface area contributed by atoms with Gasteiger partial charge < -0.3 is 10.1 Å². The maximum Gasteiger partial charge on any atom is 0.223 e. The lowest BCUT2D eigenvalue weighted by Gasteiger charge is -2.33. The molecule has 30 heavy (non-hydrogen) atoms. The van der Waals surface area contributed by atoms with Gasteiger partial charge in [-0.1, -0.05) is 35.9 Å². The molecule has 2 aromatic rings. The number of carbonyl (C=O) groups is 1. The molecule has 1 N–H and O–H groups in total. The van der Waals surface area contributed by atoms with Gasteiger partial charge in [0.1, 0.15) is 11.6 Å². The van der Waals surface area contributed by atoms with Crippen LogP contribution in [-0.4, -0.2) is 37.6 Å². The van der Waals surface area contributed by atoms with Gasteiger partial charge in [-0.05, 0) is 68.0 Å². The molecule has 0 bridgehead atoms. The van der Waals surface area contributed by atoms with E-state index in [1.807, 2.05) is 24.3 Å². The molecule has 1 saturated carbocycles. The minimum absolute atomic E-state index is 0.106. The van der Waals surface area contributed by atoms with Crippen molar-refractivity contribution in [2.75, 3.05) is 26.7 Å². The second-order valence-electron chi connectivity index (χ2n) is 8.45. The average Bonchev–Trinajstić information content (AvgIpc) is 3.46. The van der Waals surface area contributed by atoms with Crippen LogP contribution in [0.5, 0.6) is 5.75 Å². The molecule has 1 amide bonds. The lowest BCUT2D eigenvalue weighted by Crippen LogP contribution is -2.37. The van der Waals surface area contributed by atoms with Crippen LogP contribution < -0.4 is 10.1 Å². The number of para-hydroxylation sites is 1. The number of halogens is 2. The van der Waals surface area contributed by atoms with Crippen molar-refractivity contribution in [2.24, 2.45) is 11.3 Å². The van der Waals surface area contributed by atoms with E-state index in [9.17, 15) is 9.18 Å². The molecule has 1 unspecified atom stereocenters. The first-order chi connectivity index (χ1) is 14.5. The minimum atomic E-state index is -0.249. The van der Waals surface area contributed by atoms with E-state index in [4.69, 9.17) is 16.3 Å². The van der Waals surface area contributed by atoms with Gasteiger partial charge in [-0.2, -0.15) is 0 Å². The molecular formula is C24H28ClFN2O2. The number of ether oxygens (including phenoxy) is 1. The Morgan fingerprint density at radius 2 is 2.00 bits per heavy atom. The number of carbonyl (C=O) groups excluding carboxylic acids is 1. The number of methoxy groups -OCH3 is 1. The molecule has 0 radical (unpaired) electrons. The predicted octanol–water partition coefficient (Wildman–Crippen LogP) is 4.45. The monoisotopic (exact) mass is 430 g/mol. The Morgan fingerprint density at radius 1 is 1.23 bits per heavy atom. The van der Waals surface area contributed by atoms with Gasteiger partial charge in [0.05, 0.1) is 7.11 Å². The van der Waals surface area contributed by atoms with E-state index in [-0.39, 0.29) is 23.1 Å². The van der Waals surface area contributed by atoms with Crippen LogP contribution in [0, 0.1) is 17.2 Å². The van der Waals surface area contributed by atoms with E-state index < -0.39 is 0 Å². The second kappa shape index (κ2) is 8.94. The van der Waals surface area contributed by atoms with Crippen LogP contribution in [-0.2, 0) is 17.8 Å². The number of piperidine rings is 1. The van der Waals surface area contributed by atoms with Crippen molar-refractivity contribution < 1.29 is 13.9 Å². The molecule has 1 aliphatic carbocycles. The van der Waals surface area contributed by atoms with Gasteiger partial charge in [-0.15, -0.1) is 0 Å². The molecule has 4 nitrogen and oxygen atoms in total. The number of nitrogens with zero attached hydrogens (tertiary/aromatic N) is 1. The van der Waals surface area contributed by atoms with Crippen molar-refractivity contribution in [1.82, 2.24) is 10.2 Å². The zero-order valence-electron chi connectivity index (χ0n) is 17.3. The Labute approximate surface area is 182 Å². The van der Waals surface area contributed by atoms with E-state index in [0.717, 1.165) is 50.1 Å². The molecule has 1 spiro atoms. The van der Waals surface area contributed by atoms with Crippen LogP contribution in [0.1, 0.15) is 30.4 Å². The average molecular weight is 431 g/mol. The molecular weight excluding hydrogens is 403 g/mol. The van der Waals surface area contributed by atoms with E-state index >= 15 is 0 Å². The summed E-state index contributed by atoms with van der Waals surface area (Å²) in [4.78, 5) is 14.9. The number of likely N-dealkylation sites (tertiary alicyclic amines) is 1. The summed E-state index contributed by atoms with van der Waals surface area (Å²) < 4.78 is 19.4. The van der Waals surface area contributed by atoms with Gasteiger partial charge >= 0.3 is 0 Å². The number of hydrogen-bond acceptors (Lipinski definition) is 3. The highest BCUT2D eigenvalue weighted by molar-refractivity contribution is 6.31. The largest absolute Gasteiger partial charge is 0.496 e. The Morgan fingerprint density at radius 3 is 2.73 bits per heavy atom. The standard InChI is InChI=1S/C24H28ClFN2O2/c1-30-22-8-3-2-5-17(22)9-12-27-23(29)19-15-24(19)10-13-28(14-11-24)16-18-20(25)6-4-7-21(18)26/h2-8,19H,9-16H2,1H3,(H,27,29). The Bertz CT molecular complexity index is 892. The van der Waals surface area contributed by atoms with E-state index in [0.29, 0.717) is 23.7 Å². The topological polar surface area (TPSA) is 41.6 Å². The molecule has 4 rings (SSSR count). The maximum atomic E-state index is 14.1. The molecule has 1 heterocycles. The smallest absolute Gasteiger partial charge is 0.223 e. The molecule has 2 aliphatic rings. The summed E-state index contributed by atoms with van der Waals surface area (Å²) in [6, 6.07) is 12.7. The Balaban J connectivity index is 1.24. The number of nitrogens with one attached hydrogen (secondary N) is 1. The number of amides is 1. The predicted molar refractivity (Wildman–Crippen MR) is 116 cm³/mol. The van der Waals surface area contributed by atoms with E-state index in [1.54, 1.807) is 19.2 Å². The first-order valence-electron chi connectivity index (χ1n) is 10.6. The van der Waals surface area contributed by atoms with Crippen molar-refractivity contribution >= 4 is 17.5 Å². The summed E-state index contributed by atoms with van der Waals surface area (Å²) in [5.41, 5.74) is 1.80. The van der Waals surface area contributed by atoms with Crippen LogP contribution in [0.15, 0.2) is 42.5 Å². The molecule has 2 fully saturated rings. The first-order valence-corrected chi connectivity index (χ1v) is 10.9. The third kappa shape index (κ3) is 4.47. The quantitative estimate of drug-likeness (QED) is 0.705. The molecule has 1 aliphatic heterocycles. The zero-order valence-corrected chi connectivity index (χ0v) is 18.1. The normalized spacial score (nSPS) is 20.2. The van der Waals surface area contributed by atoms with Crippen LogP contribution in [0.2, 0.25) is 5.02 Å². The van der Waals surface area contributed by atoms with Crippen LogP contribution in [0.3, 0.4) is 0 Å². The summed E-state index contributed by atoms with van der Waals surface area (Å²) in [5.74, 6) is 0.878. The Hall–Kier alpha value is -2.11. The van der Waals surface area contributed by atoms with E-state index in [1.165, 1.54) is 6.07 Å². The molecule has 2 aromatic carbocycles. The highest BCUT2D eigenvalue weighted by atomic mass is 35.5. The van der Waals surface area contributed by atoms with Gasteiger partial charge in [0.2, 0.25) is 5.91 Å². The van der Waals surface area contributed by atoms with Crippen LogP contribution >= 0.6 is 11.6 Å². The van der Waals surface area contributed by atoms with Crippen molar-refractivity contribution in [3.63, 3.8) is 0 Å². The summed E-state index contributed by atoms with van der Waals surface area (Å²) in [7, 11) is 1.66.